The Balaban J connectivity index is 1.56. The van der Waals surface area contributed by atoms with Crippen LogP contribution in [-0.2, 0) is 9.59 Å². The first-order valence-electron chi connectivity index (χ1n) is 8.34. The molecule has 3 rings (SSSR count). The van der Waals surface area contributed by atoms with Gasteiger partial charge in [0.15, 0.2) is 5.17 Å². The molecule has 3 N–H and O–H groups in total. The number of aryl methyl sites for hydroxylation is 1. The summed E-state index contributed by atoms with van der Waals surface area (Å²) < 4.78 is 0. The van der Waals surface area contributed by atoms with Gasteiger partial charge in [-0.3, -0.25) is 9.59 Å². The van der Waals surface area contributed by atoms with E-state index in [-0.39, 0.29) is 24.0 Å². The lowest BCUT2D eigenvalue weighted by molar-refractivity contribution is -0.122. The third kappa shape index (κ3) is 5.34. The van der Waals surface area contributed by atoms with E-state index in [1.165, 1.54) is 12.3 Å². The second-order valence-electron chi connectivity index (χ2n) is 6.06. The zero-order chi connectivity index (χ0) is 20.1. The van der Waals surface area contributed by atoms with Gasteiger partial charge in [0.1, 0.15) is 11.0 Å². The van der Waals surface area contributed by atoms with Crippen molar-refractivity contribution in [2.45, 2.75) is 18.6 Å². The van der Waals surface area contributed by atoms with Gasteiger partial charge in [-0.15, -0.1) is 5.10 Å². The fourth-order valence-electron chi connectivity index (χ4n) is 2.39. The van der Waals surface area contributed by atoms with Gasteiger partial charge < -0.3 is 15.7 Å². The van der Waals surface area contributed by atoms with Crippen molar-refractivity contribution in [1.82, 2.24) is 5.32 Å². The maximum atomic E-state index is 12.2. The minimum atomic E-state index is -0.587. The fourth-order valence-corrected chi connectivity index (χ4v) is 3.50. The van der Waals surface area contributed by atoms with Crippen LogP contribution in [0.3, 0.4) is 0 Å². The van der Waals surface area contributed by atoms with Crippen LogP contribution >= 0.6 is 23.4 Å². The van der Waals surface area contributed by atoms with Gasteiger partial charge in [0, 0.05) is 17.1 Å². The molecule has 2 aromatic rings. The van der Waals surface area contributed by atoms with Crippen molar-refractivity contribution in [3.8, 4) is 5.75 Å². The van der Waals surface area contributed by atoms with Gasteiger partial charge in [-0.25, -0.2) is 0 Å². The van der Waals surface area contributed by atoms with E-state index in [0.717, 1.165) is 17.3 Å². The summed E-state index contributed by atoms with van der Waals surface area (Å²) in [5.74, 6) is -0.466. The highest BCUT2D eigenvalue weighted by molar-refractivity contribution is 8.15. The number of anilines is 1. The predicted octanol–water partition coefficient (Wildman–Crippen LogP) is 3.30. The van der Waals surface area contributed by atoms with Crippen LogP contribution in [0.5, 0.6) is 5.75 Å². The predicted molar refractivity (Wildman–Crippen MR) is 112 cm³/mol. The van der Waals surface area contributed by atoms with Gasteiger partial charge in [-0.1, -0.05) is 41.6 Å². The molecule has 1 aliphatic heterocycles. The van der Waals surface area contributed by atoms with Crippen LogP contribution < -0.4 is 10.6 Å². The van der Waals surface area contributed by atoms with Crippen LogP contribution in [0.4, 0.5) is 5.69 Å². The number of hydrogen-bond acceptors (Lipinski definition) is 6. The highest BCUT2D eigenvalue weighted by atomic mass is 35.5. The number of carbonyl (C=O) groups is 2. The Morgan fingerprint density at radius 3 is 2.93 bits per heavy atom. The molecule has 0 saturated carbocycles. The molecule has 2 amide bonds. The normalized spacial score (nSPS) is 17.9. The zero-order valence-electron chi connectivity index (χ0n) is 14.8. The summed E-state index contributed by atoms with van der Waals surface area (Å²) in [5.41, 5.74) is 2.16. The maximum Gasteiger partial charge on any atom is 0.240 e. The Kier molecular flexibility index (Phi) is 6.33. The molecule has 0 aromatic heterocycles. The molecule has 1 fully saturated rings. The van der Waals surface area contributed by atoms with E-state index < -0.39 is 5.25 Å². The van der Waals surface area contributed by atoms with E-state index in [1.807, 2.05) is 13.0 Å². The second kappa shape index (κ2) is 8.90. The Bertz CT molecular complexity index is 977. The van der Waals surface area contributed by atoms with Crippen molar-refractivity contribution in [3.63, 3.8) is 0 Å². The molecule has 2 aromatic carbocycles. The summed E-state index contributed by atoms with van der Waals surface area (Å²) in [6.07, 6.45) is 1.46. The zero-order valence-corrected chi connectivity index (χ0v) is 16.4. The highest BCUT2D eigenvalue weighted by Gasteiger charge is 2.32. The van der Waals surface area contributed by atoms with E-state index in [0.29, 0.717) is 21.4 Å². The van der Waals surface area contributed by atoms with Crippen LogP contribution in [0.1, 0.15) is 17.5 Å². The van der Waals surface area contributed by atoms with Crippen LogP contribution in [0, 0.1) is 6.92 Å². The number of nitrogens with zero attached hydrogens (tertiary/aromatic N) is 2. The first kappa shape index (κ1) is 19.9. The van der Waals surface area contributed by atoms with Crippen molar-refractivity contribution in [2.75, 3.05) is 5.32 Å². The van der Waals surface area contributed by atoms with Crippen LogP contribution in [0.15, 0.2) is 52.7 Å². The lowest BCUT2D eigenvalue weighted by atomic mass is 10.2. The van der Waals surface area contributed by atoms with Gasteiger partial charge in [0.05, 0.1) is 6.21 Å². The van der Waals surface area contributed by atoms with Crippen LogP contribution in [0.25, 0.3) is 0 Å². The minimum Gasteiger partial charge on any atom is -0.508 e. The Morgan fingerprint density at radius 1 is 1.36 bits per heavy atom. The minimum absolute atomic E-state index is 0.00269. The lowest BCUT2D eigenvalue weighted by Crippen LogP contribution is -2.28. The molecule has 0 aliphatic carbocycles. The Hall–Kier alpha value is -2.84. The molecule has 0 bridgehead atoms. The number of benzene rings is 2. The maximum absolute atomic E-state index is 12.2. The quantitative estimate of drug-likeness (QED) is 0.514. The molecule has 28 heavy (non-hydrogen) atoms. The van der Waals surface area contributed by atoms with E-state index in [1.54, 1.807) is 30.3 Å². The Labute approximate surface area is 170 Å². The molecule has 1 aliphatic rings. The number of carbonyl (C=O) groups excluding carboxylic acids is 2. The van der Waals surface area contributed by atoms with Gasteiger partial charge in [-0.2, -0.15) is 5.10 Å². The number of rotatable bonds is 5. The van der Waals surface area contributed by atoms with Crippen molar-refractivity contribution in [2.24, 2.45) is 10.2 Å². The second-order valence-corrected chi connectivity index (χ2v) is 7.66. The van der Waals surface area contributed by atoms with Crippen molar-refractivity contribution >= 4 is 52.2 Å². The highest BCUT2D eigenvalue weighted by Crippen LogP contribution is 2.24. The lowest BCUT2D eigenvalue weighted by Gasteiger charge is -2.08. The van der Waals surface area contributed by atoms with Gasteiger partial charge in [-0.05, 0) is 42.3 Å². The largest absolute Gasteiger partial charge is 0.508 e. The molecule has 1 saturated heterocycles. The van der Waals surface area contributed by atoms with E-state index >= 15 is 0 Å². The number of nitrogens with one attached hydrogen (secondary N) is 2. The molecule has 7 nitrogen and oxygen atoms in total. The van der Waals surface area contributed by atoms with Crippen molar-refractivity contribution < 1.29 is 14.7 Å². The number of amidine groups is 1. The van der Waals surface area contributed by atoms with E-state index in [2.05, 4.69) is 20.8 Å². The third-order valence-corrected chi connectivity index (χ3v) is 5.31. The van der Waals surface area contributed by atoms with Gasteiger partial charge in [0.2, 0.25) is 11.8 Å². The third-order valence-electron chi connectivity index (χ3n) is 3.83. The molecule has 1 heterocycles. The number of phenols is 1. The Morgan fingerprint density at radius 2 is 2.18 bits per heavy atom. The number of thioether (sulfide) groups is 1. The smallest absolute Gasteiger partial charge is 0.240 e. The summed E-state index contributed by atoms with van der Waals surface area (Å²) in [7, 11) is 0. The van der Waals surface area contributed by atoms with E-state index in [9.17, 15) is 14.7 Å². The molecular formula is C19H17ClN4O3S. The van der Waals surface area contributed by atoms with E-state index in [4.69, 9.17) is 11.6 Å². The summed E-state index contributed by atoms with van der Waals surface area (Å²) >= 11 is 7.19. The SMILES string of the molecule is Cc1ccc(NC(=O)C[C@@H]2S/C(=N/N=C/c3cccc(O)c3)NC2=O)cc1Cl. The molecular weight excluding hydrogens is 400 g/mol. The van der Waals surface area contributed by atoms with Gasteiger partial charge >= 0.3 is 0 Å². The molecule has 144 valence electrons. The number of amides is 2. The molecule has 9 heteroatoms. The monoisotopic (exact) mass is 416 g/mol. The first-order chi connectivity index (χ1) is 13.4. The average molecular weight is 417 g/mol. The molecule has 0 unspecified atom stereocenters. The topological polar surface area (TPSA) is 103 Å². The van der Waals surface area contributed by atoms with Crippen LogP contribution in [0.2, 0.25) is 5.02 Å². The van der Waals surface area contributed by atoms with Gasteiger partial charge in [0.25, 0.3) is 0 Å². The summed E-state index contributed by atoms with van der Waals surface area (Å²) in [6, 6.07) is 11.8. The number of hydrogen-bond donors (Lipinski definition) is 3. The molecule has 0 radical (unpaired) electrons. The first-order valence-corrected chi connectivity index (χ1v) is 9.60. The molecule has 0 spiro atoms. The van der Waals surface area contributed by atoms with Crippen LogP contribution in [-0.4, -0.2) is 33.6 Å². The van der Waals surface area contributed by atoms with Crippen molar-refractivity contribution in [1.29, 1.82) is 0 Å². The summed E-state index contributed by atoms with van der Waals surface area (Å²) in [6.45, 7) is 1.87. The standard InChI is InChI=1S/C19H17ClN4O3S/c1-11-5-6-13(8-15(11)20)22-17(26)9-16-18(27)23-19(28-16)24-21-10-12-3-2-4-14(25)7-12/h2-8,10,16,25H,9H2,1H3,(H,22,26)(H,23,24,27)/b21-10+/t16-/m0/s1. The number of phenolic OH excluding ortho intramolecular Hbond substituents is 1. The van der Waals surface area contributed by atoms with Crippen molar-refractivity contribution in [3.05, 3.63) is 58.6 Å². The fraction of sp³-hybridized carbons (Fsp3) is 0.158. The molecule has 1 atom stereocenters. The average Bonchev–Trinajstić information content (AvgIpc) is 2.97. The summed E-state index contributed by atoms with van der Waals surface area (Å²) in [4.78, 5) is 24.3. The summed E-state index contributed by atoms with van der Waals surface area (Å²) in [5, 5.41) is 22.9. The number of aromatic hydroxyl groups is 1. The number of halogens is 1.